The van der Waals surface area contributed by atoms with Gasteiger partial charge in [-0.3, -0.25) is 5.32 Å². The van der Waals surface area contributed by atoms with Crippen LogP contribution in [-0.2, 0) is 15.9 Å². The Morgan fingerprint density at radius 3 is 2.52 bits per heavy atom. The molecule has 44 heavy (non-hydrogen) atoms. The highest BCUT2D eigenvalue weighted by Gasteiger charge is 2.73. The topological polar surface area (TPSA) is 138 Å². The van der Waals surface area contributed by atoms with Crippen molar-refractivity contribution in [1.29, 1.82) is 0 Å². The van der Waals surface area contributed by atoms with E-state index in [0.717, 1.165) is 11.1 Å². The van der Waals surface area contributed by atoms with Crippen molar-refractivity contribution in [2.45, 2.75) is 49.9 Å². The number of hydrogen-bond donors (Lipinski definition) is 3. The third-order valence-corrected chi connectivity index (χ3v) is 8.52. The van der Waals surface area contributed by atoms with Crippen LogP contribution in [0.1, 0.15) is 49.8 Å². The first-order valence-electron chi connectivity index (χ1n) is 14.5. The zero-order valence-electron chi connectivity index (χ0n) is 25.4. The van der Waals surface area contributed by atoms with E-state index in [1.807, 2.05) is 69.3 Å². The molecule has 230 valence electrons. The van der Waals surface area contributed by atoms with Crippen LogP contribution in [0.2, 0.25) is 0 Å². The molecule has 3 aromatic carbocycles. The van der Waals surface area contributed by atoms with Crippen molar-refractivity contribution in [2.24, 2.45) is 11.7 Å². The van der Waals surface area contributed by atoms with Crippen LogP contribution in [-0.4, -0.2) is 42.5 Å². The monoisotopic (exact) mass is 599 g/mol. The van der Waals surface area contributed by atoms with E-state index in [0.29, 0.717) is 46.4 Å². The Morgan fingerprint density at radius 2 is 1.89 bits per heavy atom. The normalized spacial score (nSPS) is 23.8. The van der Waals surface area contributed by atoms with Crippen molar-refractivity contribution < 1.29 is 33.3 Å². The van der Waals surface area contributed by atoms with E-state index in [1.165, 1.54) is 6.26 Å². The Kier molecular flexibility index (Phi) is 7.30. The summed E-state index contributed by atoms with van der Waals surface area (Å²) in [4.78, 5) is 16.9. The number of hydrogen-bond acceptors (Lipinski definition) is 9. The summed E-state index contributed by atoms with van der Waals surface area (Å²) in [5.74, 6) is 1.14. The Labute approximate surface area is 256 Å². The minimum atomic E-state index is -1.59. The number of ether oxygens (including phenoxy) is 4. The predicted molar refractivity (Wildman–Crippen MR) is 164 cm³/mol. The van der Waals surface area contributed by atoms with Crippen LogP contribution in [0.4, 0.5) is 10.5 Å². The molecular formula is C34H37N3O7. The largest absolute Gasteiger partial charge is 0.497 e. The second kappa shape index (κ2) is 10.9. The molecule has 0 saturated heterocycles. The third kappa shape index (κ3) is 4.65. The number of rotatable bonds is 7. The van der Waals surface area contributed by atoms with E-state index in [1.54, 1.807) is 32.5 Å². The third-order valence-electron chi connectivity index (χ3n) is 8.52. The van der Waals surface area contributed by atoms with Crippen molar-refractivity contribution in [2.75, 3.05) is 26.1 Å². The van der Waals surface area contributed by atoms with Crippen LogP contribution >= 0.6 is 0 Å². The lowest BCUT2D eigenvalue weighted by Gasteiger charge is -2.42. The number of aromatic nitrogens is 1. The fourth-order valence-electron chi connectivity index (χ4n) is 6.81. The Morgan fingerprint density at radius 1 is 1.11 bits per heavy atom. The maximum atomic E-state index is 13.1. The Balaban J connectivity index is 1.53. The number of methoxy groups -OCH3 is 2. The average Bonchev–Trinajstić information content (AvgIpc) is 3.68. The Hall–Kier alpha value is -4.54. The van der Waals surface area contributed by atoms with Gasteiger partial charge in [0.15, 0.2) is 5.60 Å². The van der Waals surface area contributed by atoms with Gasteiger partial charge in [0.25, 0.3) is 0 Å². The van der Waals surface area contributed by atoms with Crippen LogP contribution in [0.3, 0.4) is 0 Å². The molecule has 1 aliphatic heterocycles. The van der Waals surface area contributed by atoms with Crippen molar-refractivity contribution in [1.82, 2.24) is 4.98 Å². The number of oxazole rings is 1. The number of anilines is 1. The highest BCUT2D eigenvalue weighted by atomic mass is 16.6. The molecule has 10 nitrogen and oxygen atoms in total. The van der Waals surface area contributed by atoms with E-state index in [9.17, 15) is 9.90 Å². The van der Waals surface area contributed by atoms with Crippen LogP contribution in [0.15, 0.2) is 77.5 Å². The summed E-state index contributed by atoms with van der Waals surface area (Å²) in [5, 5.41) is 16.0. The molecule has 4 N–H and O–H groups in total. The molecule has 10 heteroatoms. The predicted octanol–water partition coefficient (Wildman–Crippen LogP) is 5.94. The molecule has 0 unspecified atom stereocenters. The fraction of sp³-hybridized carbons (Fsp3) is 0.353. The van der Waals surface area contributed by atoms with Crippen LogP contribution < -0.4 is 25.3 Å². The molecule has 4 atom stereocenters. The second-order valence-corrected chi connectivity index (χ2v) is 12.2. The number of nitrogens with two attached hydrogens (primary N) is 1. The molecule has 2 heterocycles. The molecule has 6 rings (SSSR count). The number of benzene rings is 3. The molecule has 2 aliphatic rings. The van der Waals surface area contributed by atoms with Crippen molar-refractivity contribution in [3.05, 3.63) is 89.8 Å². The van der Waals surface area contributed by atoms with Crippen LogP contribution in [0.5, 0.6) is 17.2 Å². The molecule has 1 amide bonds. The van der Waals surface area contributed by atoms with E-state index < -0.39 is 34.7 Å². The molecule has 1 aliphatic carbocycles. The summed E-state index contributed by atoms with van der Waals surface area (Å²) in [5.41, 5.74) is 6.18. The van der Waals surface area contributed by atoms with Gasteiger partial charge in [-0.25, -0.2) is 9.78 Å². The summed E-state index contributed by atoms with van der Waals surface area (Å²) in [7, 11) is 3.16. The number of nitrogens with zero attached hydrogens (tertiary/aromatic N) is 1. The fourth-order valence-corrected chi connectivity index (χ4v) is 6.81. The first-order valence-corrected chi connectivity index (χ1v) is 14.5. The summed E-state index contributed by atoms with van der Waals surface area (Å²) in [6.45, 7) is 5.62. The van der Waals surface area contributed by atoms with Crippen LogP contribution in [0, 0.1) is 5.92 Å². The number of amides is 1. The molecule has 1 saturated carbocycles. The van der Waals surface area contributed by atoms with Gasteiger partial charge in [0.2, 0.25) is 5.89 Å². The maximum Gasteiger partial charge on any atom is 0.412 e. The molecule has 0 spiro atoms. The molecule has 4 aromatic rings. The lowest BCUT2D eigenvalue weighted by atomic mass is 9.69. The molecule has 0 bridgehead atoms. The van der Waals surface area contributed by atoms with E-state index in [2.05, 4.69) is 10.3 Å². The van der Waals surface area contributed by atoms with E-state index >= 15 is 0 Å². The summed E-state index contributed by atoms with van der Waals surface area (Å²) >= 11 is 0. The van der Waals surface area contributed by atoms with Gasteiger partial charge in [-0.2, -0.15) is 0 Å². The van der Waals surface area contributed by atoms with Gasteiger partial charge >= 0.3 is 6.09 Å². The molecule has 1 fully saturated rings. The van der Waals surface area contributed by atoms with E-state index in [-0.39, 0.29) is 6.54 Å². The lowest BCUT2D eigenvalue weighted by molar-refractivity contribution is -0.126. The van der Waals surface area contributed by atoms with Crippen molar-refractivity contribution in [3.63, 3.8) is 0 Å². The number of aliphatic hydroxyl groups is 1. The Bertz CT molecular complexity index is 1670. The first-order chi connectivity index (χ1) is 21.0. The van der Waals surface area contributed by atoms with Gasteiger partial charge in [-0.1, -0.05) is 24.3 Å². The SMILES string of the molecule is COc1ccc([C@@]23Oc4cc(-c5ncco5)cc(OC)c4[C@]2(O)[C@@H](CN)C[C@H]3c2cccc(NC(=O)OC(C)(C)C)c2)cc1. The van der Waals surface area contributed by atoms with Crippen molar-refractivity contribution in [3.8, 4) is 28.7 Å². The minimum Gasteiger partial charge on any atom is -0.497 e. The highest BCUT2D eigenvalue weighted by Crippen LogP contribution is 2.70. The standard InChI is InChI=1S/C34H37N3O7/c1-32(2,3)44-31(38)37-24-8-6-7-20(15-24)26-18-23(19-35)33(39)29-27(41-5)16-21(30-36-13-14-42-30)17-28(29)43-34(26,33)22-9-11-25(40-4)12-10-22/h6-17,23,26,39H,18-19,35H2,1-5H3,(H,37,38)/t23-,26+,33-,34+/m1/s1. The van der Waals surface area contributed by atoms with Gasteiger partial charge in [-0.15, -0.1) is 0 Å². The summed E-state index contributed by atoms with van der Waals surface area (Å²) in [6.07, 6.45) is 3.00. The molecular weight excluding hydrogens is 562 g/mol. The maximum absolute atomic E-state index is 13.1. The first kappa shape index (κ1) is 29.5. The number of carbonyl (C=O) groups excluding carboxylic acids is 1. The minimum absolute atomic E-state index is 0.189. The highest BCUT2D eigenvalue weighted by molar-refractivity contribution is 5.85. The van der Waals surface area contributed by atoms with Gasteiger partial charge in [0.1, 0.15) is 34.7 Å². The number of nitrogens with one attached hydrogen (secondary N) is 1. The van der Waals surface area contributed by atoms with Crippen LogP contribution in [0.25, 0.3) is 11.5 Å². The van der Waals surface area contributed by atoms with Gasteiger partial charge < -0.3 is 34.2 Å². The smallest absolute Gasteiger partial charge is 0.412 e. The molecule has 1 aromatic heterocycles. The van der Waals surface area contributed by atoms with Gasteiger partial charge in [-0.05, 0) is 81.3 Å². The molecule has 0 radical (unpaired) electrons. The van der Waals surface area contributed by atoms with Crippen molar-refractivity contribution >= 4 is 11.8 Å². The zero-order valence-corrected chi connectivity index (χ0v) is 25.4. The van der Waals surface area contributed by atoms with Gasteiger partial charge in [0.05, 0.1) is 26.0 Å². The number of carbonyl (C=O) groups is 1. The average molecular weight is 600 g/mol. The quantitative estimate of drug-likeness (QED) is 0.235. The summed E-state index contributed by atoms with van der Waals surface area (Å²) in [6, 6.07) is 18.6. The second-order valence-electron chi connectivity index (χ2n) is 12.2. The lowest BCUT2D eigenvalue weighted by Crippen LogP contribution is -2.51. The van der Waals surface area contributed by atoms with E-state index in [4.69, 9.17) is 29.1 Å². The van der Waals surface area contributed by atoms with Gasteiger partial charge in [0, 0.05) is 23.1 Å². The zero-order chi connectivity index (χ0) is 31.3. The summed E-state index contributed by atoms with van der Waals surface area (Å²) < 4.78 is 29.4. The number of fused-ring (bicyclic) bond motifs is 3.